The van der Waals surface area contributed by atoms with Crippen LogP contribution in [0.15, 0.2) is 0 Å². The third kappa shape index (κ3) is 3.59. The van der Waals surface area contributed by atoms with Crippen molar-refractivity contribution < 1.29 is 29.3 Å². The Morgan fingerprint density at radius 3 is 2.67 bits per heavy atom. The van der Waals surface area contributed by atoms with Gasteiger partial charge in [-0.15, -0.1) is 0 Å². The fourth-order valence-electron chi connectivity index (χ4n) is 1.73. The van der Waals surface area contributed by atoms with E-state index in [1.54, 1.807) is 6.92 Å². The largest absolute Gasteiger partial charge is 0.480 e. The lowest BCUT2D eigenvalue weighted by molar-refractivity contribution is -0.141. The number of nitrogens with zero attached hydrogens (tertiary/aromatic N) is 1. The van der Waals surface area contributed by atoms with Crippen LogP contribution in [0.25, 0.3) is 0 Å². The van der Waals surface area contributed by atoms with Crippen LogP contribution in [-0.2, 0) is 14.3 Å². The predicted octanol–water partition coefficient (Wildman–Crippen LogP) is -1.22. The molecule has 1 rings (SSSR count). The number of ether oxygens (including phenoxy) is 1. The van der Waals surface area contributed by atoms with Crippen LogP contribution in [0.5, 0.6) is 0 Å². The highest BCUT2D eigenvalue weighted by molar-refractivity contribution is 5.85. The fraction of sp³-hybridized carbons (Fsp3) is 0.700. The molecule has 8 nitrogen and oxygen atoms in total. The zero-order chi connectivity index (χ0) is 13.7. The maximum Gasteiger partial charge on any atom is 0.326 e. The van der Waals surface area contributed by atoms with E-state index in [4.69, 9.17) is 5.11 Å². The summed E-state index contributed by atoms with van der Waals surface area (Å²) in [5.41, 5.74) is 0. The van der Waals surface area contributed by atoms with Crippen LogP contribution >= 0.6 is 0 Å². The molecule has 8 heteroatoms. The first-order valence-corrected chi connectivity index (χ1v) is 5.56. The zero-order valence-electron chi connectivity index (χ0n) is 9.96. The van der Waals surface area contributed by atoms with Crippen molar-refractivity contribution in [1.82, 2.24) is 10.2 Å². The number of aliphatic carboxylic acids is 1. The summed E-state index contributed by atoms with van der Waals surface area (Å²) >= 11 is 0. The molecule has 0 radical (unpaired) electrons. The number of carboxylic acid groups (broad SMARTS) is 1. The Bertz CT molecular complexity index is 345. The molecule has 1 fully saturated rings. The van der Waals surface area contributed by atoms with Crippen molar-refractivity contribution in [3.05, 3.63) is 0 Å². The minimum Gasteiger partial charge on any atom is -0.480 e. The summed E-state index contributed by atoms with van der Waals surface area (Å²) in [7, 11) is 0. The second kappa shape index (κ2) is 6.20. The van der Waals surface area contributed by atoms with Gasteiger partial charge in [-0.2, -0.15) is 0 Å². The van der Waals surface area contributed by atoms with Crippen molar-refractivity contribution in [3.63, 3.8) is 0 Å². The topological polar surface area (TPSA) is 116 Å². The Morgan fingerprint density at radius 1 is 1.44 bits per heavy atom. The van der Waals surface area contributed by atoms with Gasteiger partial charge in [0.2, 0.25) is 0 Å². The predicted molar refractivity (Wildman–Crippen MR) is 58.8 cm³/mol. The quantitative estimate of drug-likeness (QED) is 0.545. The van der Waals surface area contributed by atoms with E-state index in [0.717, 1.165) is 4.90 Å². The van der Waals surface area contributed by atoms with Crippen LogP contribution in [0.1, 0.15) is 13.3 Å². The van der Waals surface area contributed by atoms with Gasteiger partial charge >= 0.3 is 18.0 Å². The van der Waals surface area contributed by atoms with E-state index >= 15 is 0 Å². The minimum atomic E-state index is -1.18. The highest BCUT2D eigenvalue weighted by atomic mass is 16.5. The smallest absolute Gasteiger partial charge is 0.326 e. The number of β-amino-alcohol motifs (C(OH)–C–C–N with tert-alkyl or cyclic N) is 1. The molecule has 3 N–H and O–H groups in total. The van der Waals surface area contributed by atoms with Crippen LogP contribution < -0.4 is 5.32 Å². The van der Waals surface area contributed by atoms with E-state index in [2.05, 4.69) is 10.1 Å². The van der Waals surface area contributed by atoms with Crippen molar-refractivity contribution in [2.24, 2.45) is 0 Å². The van der Waals surface area contributed by atoms with Gasteiger partial charge in [-0.3, -0.25) is 4.79 Å². The summed E-state index contributed by atoms with van der Waals surface area (Å²) in [5.74, 6) is -1.78. The number of aliphatic hydroxyl groups is 1. The molecule has 0 aromatic carbocycles. The molecular weight excluding hydrogens is 244 g/mol. The van der Waals surface area contributed by atoms with Crippen LogP contribution in [0.4, 0.5) is 4.79 Å². The van der Waals surface area contributed by atoms with Crippen LogP contribution in [0.2, 0.25) is 0 Å². The van der Waals surface area contributed by atoms with E-state index in [9.17, 15) is 19.5 Å². The van der Waals surface area contributed by atoms with Crippen molar-refractivity contribution in [2.75, 3.05) is 19.7 Å². The second-order valence-electron chi connectivity index (χ2n) is 3.86. The first-order valence-electron chi connectivity index (χ1n) is 5.56. The molecule has 18 heavy (non-hydrogen) atoms. The highest BCUT2D eigenvalue weighted by Crippen LogP contribution is 2.17. The monoisotopic (exact) mass is 260 g/mol. The number of likely N-dealkylation sites (tertiary alicyclic amines) is 1. The minimum absolute atomic E-state index is 0.0117. The van der Waals surface area contributed by atoms with Crippen molar-refractivity contribution in [1.29, 1.82) is 0 Å². The lowest BCUT2D eigenvalue weighted by Gasteiger charge is -2.21. The van der Waals surface area contributed by atoms with Gasteiger partial charge in [0.05, 0.1) is 12.7 Å². The molecule has 1 aliphatic heterocycles. The summed E-state index contributed by atoms with van der Waals surface area (Å²) in [6, 6.07) is -1.77. The molecule has 1 heterocycles. The van der Waals surface area contributed by atoms with Crippen molar-refractivity contribution >= 4 is 18.0 Å². The van der Waals surface area contributed by atoms with Gasteiger partial charge in [0.1, 0.15) is 12.6 Å². The van der Waals surface area contributed by atoms with Gasteiger partial charge in [-0.25, -0.2) is 9.59 Å². The number of amides is 2. The third-order valence-corrected chi connectivity index (χ3v) is 2.51. The van der Waals surface area contributed by atoms with Gasteiger partial charge < -0.3 is 25.2 Å². The number of carbonyl (C=O) groups excluding carboxylic acids is 2. The van der Waals surface area contributed by atoms with Gasteiger partial charge in [0.25, 0.3) is 0 Å². The van der Waals surface area contributed by atoms with Crippen LogP contribution in [0, 0.1) is 0 Å². The van der Waals surface area contributed by atoms with Crippen molar-refractivity contribution in [2.45, 2.75) is 25.5 Å². The number of carboxylic acids is 1. The molecule has 1 aliphatic rings. The standard InChI is InChI=1S/C10H16N2O6/c1-2-18-8(14)4-11-10(17)12-5-6(13)3-7(12)9(15)16/h6-7,13H,2-5H2,1H3,(H,11,17)(H,15,16)/t6-,7-/m0/s1. The fourth-order valence-corrected chi connectivity index (χ4v) is 1.73. The maximum atomic E-state index is 11.6. The number of nitrogens with one attached hydrogen (secondary N) is 1. The van der Waals surface area contributed by atoms with Crippen LogP contribution in [0.3, 0.4) is 0 Å². The zero-order valence-corrected chi connectivity index (χ0v) is 9.96. The lowest BCUT2D eigenvalue weighted by Crippen LogP contribution is -2.47. The molecule has 0 bridgehead atoms. The normalized spacial score (nSPS) is 22.7. The molecule has 102 valence electrons. The van der Waals surface area contributed by atoms with Gasteiger partial charge in [0, 0.05) is 13.0 Å². The summed E-state index contributed by atoms with van der Waals surface area (Å²) < 4.78 is 4.61. The van der Waals surface area contributed by atoms with Gasteiger partial charge in [0.15, 0.2) is 0 Å². The van der Waals surface area contributed by atoms with Gasteiger partial charge in [-0.1, -0.05) is 0 Å². The van der Waals surface area contributed by atoms with Crippen molar-refractivity contribution in [3.8, 4) is 0 Å². The first-order chi connectivity index (χ1) is 8.45. The molecule has 0 aromatic heterocycles. The molecule has 0 saturated carbocycles. The van der Waals surface area contributed by atoms with E-state index < -0.39 is 30.1 Å². The molecule has 1 saturated heterocycles. The summed E-state index contributed by atoms with van der Waals surface area (Å²) in [4.78, 5) is 34.5. The molecule has 0 spiro atoms. The molecular formula is C10H16N2O6. The molecule has 0 aliphatic carbocycles. The Morgan fingerprint density at radius 2 is 2.11 bits per heavy atom. The molecule has 0 aromatic rings. The Balaban J connectivity index is 2.50. The van der Waals surface area contributed by atoms with E-state index in [1.807, 2.05) is 0 Å². The number of carbonyl (C=O) groups is 3. The first kappa shape index (κ1) is 14.2. The molecule has 2 atom stereocenters. The Kier molecular flexibility index (Phi) is 4.90. The molecule has 0 unspecified atom stereocenters. The lowest BCUT2D eigenvalue weighted by atomic mass is 10.2. The van der Waals surface area contributed by atoms with E-state index in [-0.39, 0.29) is 26.1 Å². The maximum absolute atomic E-state index is 11.6. The Labute approximate surface area is 104 Å². The number of rotatable bonds is 4. The number of urea groups is 1. The number of esters is 1. The average Bonchev–Trinajstić information content (AvgIpc) is 2.69. The number of hydrogen-bond donors (Lipinski definition) is 3. The highest BCUT2D eigenvalue weighted by Gasteiger charge is 2.38. The Hall–Kier alpha value is -1.83. The summed E-state index contributed by atoms with van der Waals surface area (Å²) in [5, 5.41) is 20.5. The second-order valence-corrected chi connectivity index (χ2v) is 3.86. The average molecular weight is 260 g/mol. The molecule has 2 amide bonds. The van der Waals surface area contributed by atoms with E-state index in [1.165, 1.54) is 0 Å². The summed E-state index contributed by atoms with van der Waals surface area (Å²) in [6.45, 7) is 1.45. The van der Waals surface area contributed by atoms with Gasteiger partial charge in [-0.05, 0) is 6.92 Å². The van der Waals surface area contributed by atoms with Crippen LogP contribution in [-0.4, -0.2) is 64.9 Å². The SMILES string of the molecule is CCOC(=O)CNC(=O)N1C[C@@H](O)C[C@H]1C(=O)O. The van der Waals surface area contributed by atoms with E-state index in [0.29, 0.717) is 0 Å². The number of aliphatic hydroxyl groups excluding tert-OH is 1. The number of hydrogen-bond acceptors (Lipinski definition) is 5. The third-order valence-electron chi connectivity index (χ3n) is 2.51. The summed E-state index contributed by atoms with van der Waals surface area (Å²) in [6.07, 6.45) is -0.873.